The molecule has 0 unspecified atom stereocenters. The fourth-order valence-electron chi connectivity index (χ4n) is 1.16. The van der Waals surface area contributed by atoms with Crippen molar-refractivity contribution in [2.24, 2.45) is 0 Å². The van der Waals surface area contributed by atoms with Crippen molar-refractivity contribution < 1.29 is 24.7 Å². The SMILES string of the molecule is Cc1c(O)ccc(O)[n+]1CCC(=O)O. The van der Waals surface area contributed by atoms with E-state index >= 15 is 0 Å². The van der Waals surface area contributed by atoms with Gasteiger partial charge in [0.25, 0.3) is 0 Å². The first kappa shape index (κ1) is 10.3. The molecule has 5 heteroatoms. The van der Waals surface area contributed by atoms with Gasteiger partial charge in [0, 0.05) is 6.92 Å². The molecule has 3 N–H and O–H groups in total. The lowest BCUT2D eigenvalue weighted by Crippen LogP contribution is -2.38. The largest absolute Gasteiger partial charge is 0.503 e. The van der Waals surface area contributed by atoms with Crippen LogP contribution in [0.3, 0.4) is 0 Å². The molecule has 14 heavy (non-hydrogen) atoms. The number of aliphatic carboxylic acids is 1. The van der Waals surface area contributed by atoms with Crippen molar-refractivity contribution in [3.8, 4) is 11.6 Å². The third kappa shape index (κ3) is 2.12. The number of hydrogen-bond donors (Lipinski definition) is 3. The highest BCUT2D eigenvalue weighted by atomic mass is 16.4. The van der Waals surface area contributed by atoms with E-state index in [9.17, 15) is 15.0 Å². The predicted octanol–water partition coefficient (Wildman–Crippen LogP) is 0.168. The van der Waals surface area contributed by atoms with Gasteiger partial charge in [-0.15, -0.1) is 0 Å². The summed E-state index contributed by atoms with van der Waals surface area (Å²) in [6.07, 6.45) is -0.0947. The summed E-state index contributed by atoms with van der Waals surface area (Å²) in [6.45, 7) is 1.75. The van der Waals surface area contributed by atoms with E-state index in [1.54, 1.807) is 6.92 Å². The van der Waals surface area contributed by atoms with Gasteiger partial charge in [-0.2, -0.15) is 4.57 Å². The molecular weight excluding hydrogens is 186 g/mol. The standard InChI is InChI=1S/C9H11NO4/c1-6-7(11)2-3-8(12)10(6)5-4-9(13)14/h2-3H,4-5H2,1H3,(H2,11,13,14)/p+1. The smallest absolute Gasteiger partial charge is 0.365 e. The molecule has 0 fully saturated rings. The van der Waals surface area contributed by atoms with Crippen LogP contribution >= 0.6 is 0 Å². The molecule has 0 atom stereocenters. The molecule has 0 aliphatic heterocycles. The van der Waals surface area contributed by atoms with Crippen molar-refractivity contribution in [1.82, 2.24) is 0 Å². The fourth-order valence-corrected chi connectivity index (χ4v) is 1.16. The van der Waals surface area contributed by atoms with Crippen LogP contribution in [0.4, 0.5) is 0 Å². The molecule has 1 heterocycles. The summed E-state index contributed by atoms with van der Waals surface area (Å²) in [7, 11) is 0. The summed E-state index contributed by atoms with van der Waals surface area (Å²) < 4.78 is 1.35. The van der Waals surface area contributed by atoms with E-state index in [0.717, 1.165) is 0 Å². The van der Waals surface area contributed by atoms with Crippen LogP contribution in [0.2, 0.25) is 0 Å². The Morgan fingerprint density at radius 1 is 1.43 bits per heavy atom. The summed E-state index contributed by atoms with van der Waals surface area (Å²) in [5.41, 5.74) is 0.450. The van der Waals surface area contributed by atoms with Gasteiger partial charge in [0.2, 0.25) is 5.69 Å². The third-order valence-electron chi connectivity index (χ3n) is 1.99. The van der Waals surface area contributed by atoms with Crippen molar-refractivity contribution in [1.29, 1.82) is 0 Å². The van der Waals surface area contributed by atoms with Crippen LogP contribution < -0.4 is 4.57 Å². The number of pyridine rings is 1. The zero-order valence-corrected chi connectivity index (χ0v) is 7.77. The number of rotatable bonds is 3. The second kappa shape index (κ2) is 3.95. The zero-order chi connectivity index (χ0) is 10.7. The van der Waals surface area contributed by atoms with Gasteiger partial charge in [-0.25, -0.2) is 0 Å². The van der Waals surface area contributed by atoms with E-state index < -0.39 is 5.97 Å². The molecule has 5 nitrogen and oxygen atoms in total. The first-order valence-electron chi connectivity index (χ1n) is 4.15. The molecule has 0 radical (unpaired) electrons. The van der Waals surface area contributed by atoms with Crippen LogP contribution in [0.1, 0.15) is 12.1 Å². The molecule has 0 aliphatic carbocycles. The summed E-state index contributed by atoms with van der Waals surface area (Å²) in [5.74, 6) is -0.964. The van der Waals surface area contributed by atoms with Gasteiger partial charge >= 0.3 is 11.8 Å². The second-order valence-corrected chi connectivity index (χ2v) is 2.96. The van der Waals surface area contributed by atoms with E-state index in [1.165, 1.54) is 16.7 Å². The van der Waals surface area contributed by atoms with Crippen molar-refractivity contribution in [3.63, 3.8) is 0 Å². The monoisotopic (exact) mass is 198 g/mol. The van der Waals surface area contributed by atoms with Gasteiger partial charge in [-0.3, -0.25) is 4.79 Å². The molecule has 1 aromatic heterocycles. The van der Waals surface area contributed by atoms with Crippen LogP contribution in [0.25, 0.3) is 0 Å². The van der Waals surface area contributed by atoms with Gasteiger partial charge in [0.05, 0.1) is 6.07 Å². The zero-order valence-electron chi connectivity index (χ0n) is 7.77. The van der Waals surface area contributed by atoms with Gasteiger partial charge in [0.1, 0.15) is 6.42 Å². The molecule has 76 valence electrons. The number of carboxylic acid groups (broad SMARTS) is 1. The maximum atomic E-state index is 10.3. The third-order valence-corrected chi connectivity index (χ3v) is 1.99. The Kier molecular flexibility index (Phi) is 2.91. The summed E-state index contributed by atoms with van der Waals surface area (Å²) in [5, 5.41) is 27.2. The first-order chi connectivity index (χ1) is 6.52. The van der Waals surface area contributed by atoms with Crippen molar-refractivity contribution in [2.45, 2.75) is 19.9 Å². The molecule has 1 rings (SSSR count). The number of carbonyl (C=O) groups is 1. The highest BCUT2D eigenvalue weighted by Crippen LogP contribution is 2.14. The molecular formula is C9H12NO4+. The number of hydrogen-bond acceptors (Lipinski definition) is 3. The minimum atomic E-state index is -0.945. The summed E-state index contributed by atoms with van der Waals surface area (Å²) >= 11 is 0. The average molecular weight is 198 g/mol. The second-order valence-electron chi connectivity index (χ2n) is 2.96. The predicted molar refractivity (Wildman–Crippen MR) is 47.0 cm³/mol. The molecule has 0 bridgehead atoms. The lowest BCUT2D eigenvalue weighted by molar-refractivity contribution is -0.707. The lowest BCUT2D eigenvalue weighted by Gasteiger charge is -2.02. The fraction of sp³-hybridized carbons (Fsp3) is 0.333. The number of aromatic hydroxyl groups is 2. The van der Waals surface area contributed by atoms with Crippen molar-refractivity contribution in [3.05, 3.63) is 17.8 Å². The van der Waals surface area contributed by atoms with E-state index in [1.807, 2.05) is 0 Å². The summed E-state index contributed by atoms with van der Waals surface area (Å²) in [6, 6.07) is 2.69. The topological polar surface area (TPSA) is 81.6 Å². The minimum absolute atomic E-state index is 0.0354. The Bertz CT molecular complexity index is 362. The van der Waals surface area contributed by atoms with E-state index in [0.29, 0.717) is 5.69 Å². The van der Waals surface area contributed by atoms with Crippen molar-refractivity contribution >= 4 is 5.97 Å². The molecule has 0 aromatic carbocycles. The average Bonchev–Trinajstić information content (AvgIpc) is 2.11. The van der Waals surface area contributed by atoms with Gasteiger partial charge < -0.3 is 15.3 Å². The van der Waals surface area contributed by atoms with E-state index in [4.69, 9.17) is 5.11 Å². The van der Waals surface area contributed by atoms with Gasteiger partial charge in [0.15, 0.2) is 12.3 Å². The van der Waals surface area contributed by atoms with Crippen LogP contribution in [0, 0.1) is 6.92 Å². The van der Waals surface area contributed by atoms with E-state index in [2.05, 4.69) is 0 Å². The Labute approximate surface area is 80.9 Å². The van der Waals surface area contributed by atoms with Crippen LogP contribution in [-0.4, -0.2) is 21.3 Å². The minimum Gasteiger partial charge on any atom is -0.503 e. The van der Waals surface area contributed by atoms with Gasteiger partial charge in [-0.1, -0.05) is 0 Å². The van der Waals surface area contributed by atoms with E-state index in [-0.39, 0.29) is 24.6 Å². The van der Waals surface area contributed by atoms with Crippen molar-refractivity contribution in [2.75, 3.05) is 0 Å². The van der Waals surface area contributed by atoms with Crippen LogP contribution in [0.15, 0.2) is 12.1 Å². The highest BCUT2D eigenvalue weighted by molar-refractivity contribution is 5.66. The normalized spacial score (nSPS) is 10.1. The van der Waals surface area contributed by atoms with Gasteiger partial charge in [-0.05, 0) is 6.07 Å². The Balaban J connectivity index is 2.95. The Morgan fingerprint density at radius 2 is 2.07 bits per heavy atom. The molecule has 0 saturated heterocycles. The Hall–Kier alpha value is -1.78. The first-order valence-corrected chi connectivity index (χ1v) is 4.15. The lowest BCUT2D eigenvalue weighted by atomic mass is 10.3. The maximum absolute atomic E-state index is 10.3. The van der Waals surface area contributed by atoms with Crippen LogP contribution in [-0.2, 0) is 11.3 Å². The quantitative estimate of drug-likeness (QED) is 0.604. The molecule has 0 saturated carbocycles. The molecule has 0 amide bonds. The van der Waals surface area contributed by atoms with Crippen LogP contribution in [0.5, 0.6) is 11.6 Å². The molecule has 1 aromatic rings. The number of nitrogens with zero attached hydrogens (tertiary/aromatic N) is 1. The summed E-state index contributed by atoms with van der Waals surface area (Å²) in [4.78, 5) is 10.3. The number of aromatic nitrogens is 1. The highest BCUT2D eigenvalue weighted by Gasteiger charge is 2.17. The Morgan fingerprint density at radius 3 is 2.64 bits per heavy atom. The number of carboxylic acids is 1. The molecule has 0 spiro atoms. The molecule has 0 aliphatic rings. The maximum Gasteiger partial charge on any atom is 0.365 e.